The Morgan fingerprint density at radius 3 is 2.43 bits per heavy atom. The van der Waals surface area contributed by atoms with Gasteiger partial charge in [0.15, 0.2) is 6.54 Å². The number of imide groups is 1. The van der Waals surface area contributed by atoms with Gasteiger partial charge in [-0.15, -0.1) is 0 Å². The zero-order valence-electron chi connectivity index (χ0n) is 14.5. The standard InChI is InChI=1S/C18H27N3O2/c1-12-5-6-16(15(4)8-12)19-18(23)20-17(22)11-21-9-13(2)7-14(3)10-21/h5-6,8,13-14H,7,9-11H2,1-4H3,(H2,19,20,22,23)/p+1/t13-,14-/m0/s1. The van der Waals surface area contributed by atoms with Crippen molar-refractivity contribution in [2.75, 3.05) is 25.0 Å². The summed E-state index contributed by atoms with van der Waals surface area (Å²) >= 11 is 0. The molecule has 0 aliphatic carbocycles. The SMILES string of the molecule is Cc1ccc(NC(=O)NC(=O)C[NH+]2C[C@@H](C)C[C@H](C)C2)c(C)c1. The molecule has 1 fully saturated rings. The number of carbonyl (C=O) groups excluding carboxylic acids is 2. The number of amides is 3. The van der Waals surface area contributed by atoms with Gasteiger partial charge >= 0.3 is 6.03 Å². The van der Waals surface area contributed by atoms with Gasteiger partial charge in [-0.3, -0.25) is 10.1 Å². The summed E-state index contributed by atoms with van der Waals surface area (Å²) in [7, 11) is 0. The van der Waals surface area contributed by atoms with Crippen LogP contribution in [0.3, 0.4) is 0 Å². The van der Waals surface area contributed by atoms with Crippen molar-refractivity contribution in [3.8, 4) is 0 Å². The summed E-state index contributed by atoms with van der Waals surface area (Å²) in [5, 5.41) is 5.18. The highest BCUT2D eigenvalue weighted by atomic mass is 16.2. The zero-order chi connectivity index (χ0) is 17.0. The molecule has 23 heavy (non-hydrogen) atoms. The number of benzene rings is 1. The van der Waals surface area contributed by atoms with Crippen LogP contribution in [0.5, 0.6) is 0 Å². The Morgan fingerprint density at radius 2 is 1.83 bits per heavy atom. The molecule has 2 atom stereocenters. The number of piperidine rings is 1. The van der Waals surface area contributed by atoms with Crippen LogP contribution in [0.2, 0.25) is 0 Å². The Labute approximate surface area is 138 Å². The summed E-state index contributed by atoms with van der Waals surface area (Å²) in [6, 6.07) is 5.33. The van der Waals surface area contributed by atoms with E-state index in [4.69, 9.17) is 0 Å². The number of hydrogen-bond donors (Lipinski definition) is 3. The number of likely N-dealkylation sites (tertiary alicyclic amines) is 1. The minimum atomic E-state index is -0.459. The van der Waals surface area contributed by atoms with Gasteiger partial charge < -0.3 is 10.2 Å². The number of quaternary nitrogens is 1. The first-order chi connectivity index (χ1) is 10.8. The van der Waals surface area contributed by atoms with Crippen LogP contribution in [-0.2, 0) is 4.79 Å². The van der Waals surface area contributed by atoms with Crippen molar-refractivity contribution >= 4 is 17.6 Å². The van der Waals surface area contributed by atoms with Crippen molar-refractivity contribution in [1.82, 2.24) is 5.32 Å². The van der Waals surface area contributed by atoms with Crippen molar-refractivity contribution in [3.63, 3.8) is 0 Å². The average molecular weight is 318 g/mol. The van der Waals surface area contributed by atoms with Crippen LogP contribution in [0.25, 0.3) is 0 Å². The van der Waals surface area contributed by atoms with E-state index in [0.717, 1.165) is 29.9 Å². The van der Waals surface area contributed by atoms with Crippen LogP contribution in [-0.4, -0.2) is 31.6 Å². The Hall–Kier alpha value is -1.88. The van der Waals surface area contributed by atoms with Crippen molar-refractivity contribution < 1.29 is 14.5 Å². The van der Waals surface area contributed by atoms with Crippen molar-refractivity contribution in [2.24, 2.45) is 11.8 Å². The van der Waals surface area contributed by atoms with Crippen LogP contribution in [0.15, 0.2) is 18.2 Å². The molecule has 0 saturated carbocycles. The molecule has 1 aromatic carbocycles. The molecule has 1 saturated heterocycles. The maximum atomic E-state index is 12.1. The highest BCUT2D eigenvalue weighted by molar-refractivity contribution is 6.01. The molecule has 1 aromatic rings. The van der Waals surface area contributed by atoms with Gasteiger partial charge in [-0.2, -0.15) is 0 Å². The van der Waals surface area contributed by atoms with E-state index in [9.17, 15) is 9.59 Å². The van der Waals surface area contributed by atoms with Crippen LogP contribution in [0.1, 0.15) is 31.4 Å². The average Bonchev–Trinajstić information content (AvgIpc) is 2.40. The van der Waals surface area contributed by atoms with E-state index in [1.165, 1.54) is 11.3 Å². The minimum absolute atomic E-state index is 0.219. The predicted octanol–water partition coefficient (Wildman–Crippen LogP) is 1.51. The van der Waals surface area contributed by atoms with E-state index in [1.807, 2.05) is 32.0 Å². The number of urea groups is 1. The topological polar surface area (TPSA) is 62.6 Å². The van der Waals surface area contributed by atoms with Gasteiger partial charge in [-0.05, 0) is 31.9 Å². The summed E-state index contributed by atoms with van der Waals surface area (Å²) in [5.74, 6) is 1.04. The molecule has 1 heterocycles. The van der Waals surface area contributed by atoms with E-state index < -0.39 is 6.03 Å². The number of aryl methyl sites for hydroxylation is 2. The van der Waals surface area contributed by atoms with Gasteiger partial charge in [0.05, 0.1) is 13.1 Å². The summed E-state index contributed by atoms with van der Waals surface area (Å²) in [6.45, 7) is 10.7. The summed E-state index contributed by atoms with van der Waals surface area (Å²) in [4.78, 5) is 25.3. The fraction of sp³-hybridized carbons (Fsp3) is 0.556. The normalized spacial score (nSPS) is 24.1. The highest BCUT2D eigenvalue weighted by Gasteiger charge is 2.27. The first kappa shape index (κ1) is 17.5. The number of nitrogens with one attached hydrogen (secondary N) is 3. The third kappa shape index (κ3) is 5.36. The Balaban J connectivity index is 1.83. The summed E-state index contributed by atoms with van der Waals surface area (Å²) in [6.07, 6.45) is 1.22. The largest absolute Gasteiger partial charge is 0.327 e. The lowest BCUT2D eigenvalue weighted by molar-refractivity contribution is -0.904. The highest BCUT2D eigenvalue weighted by Crippen LogP contribution is 2.15. The summed E-state index contributed by atoms with van der Waals surface area (Å²) < 4.78 is 0. The smallest absolute Gasteiger partial charge is 0.326 e. The summed E-state index contributed by atoms with van der Waals surface area (Å²) in [5.41, 5.74) is 2.85. The van der Waals surface area contributed by atoms with E-state index in [0.29, 0.717) is 18.4 Å². The van der Waals surface area contributed by atoms with Gasteiger partial charge in [0.2, 0.25) is 0 Å². The number of rotatable bonds is 3. The molecule has 1 aliphatic heterocycles. The maximum Gasteiger partial charge on any atom is 0.326 e. The molecule has 0 bridgehead atoms. The van der Waals surface area contributed by atoms with Crippen LogP contribution in [0, 0.1) is 25.7 Å². The van der Waals surface area contributed by atoms with Crippen molar-refractivity contribution in [3.05, 3.63) is 29.3 Å². The van der Waals surface area contributed by atoms with Crippen molar-refractivity contribution in [2.45, 2.75) is 34.1 Å². The lowest BCUT2D eigenvalue weighted by Gasteiger charge is -2.31. The Kier molecular flexibility index (Phi) is 5.77. The number of hydrogen-bond acceptors (Lipinski definition) is 2. The number of anilines is 1. The van der Waals surface area contributed by atoms with E-state index in [1.54, 1.807) is 0 Å². The molecule has 0 radical (unpaired) electrons. The Morgan fingerprint density at radius 1 is 1.17 bits per heavy atom. The molecule has 0 spiro atoms. The first-order valence-electron chi connectivity index (χ1n) is 8.35. The van der Waals surface area contributed by atoms with Crippen molar-refractivity contribution in [1.29, 1.82) is 0 Å². The van der Waals surface area contributed by atoms with Crippen LogP contribution in [0.4, 0.5) is 10.5 Å². The lowest BCUT2D eigenvalue weighted by Crippen LogP contribution is -3.15. The second-order valence-electron chi connectivity index (χ2n) is 7.10. The second-order valence-corrected chi connectivity index (χ2v) is 7.10. The maximum absolute atomic E-state index is 12.1. The van der Waals surface area contributed by atoms with E-state index in [-0.39, 0.29) is 5.91 Å². The number of carbonyl (C=O) groups is 2. The van der Waals surface area contributed by atoms with Gasteiger partial charge in [0, 0.05) is 17.5 Å². The quantitative estimate of drug-likeness (QED) is 0.791. The molecule has 3 N–H and O–H groups in total. The third-order valence-electron chi connectivity index (χ3n) is 4.37. The molecule has 126 valence electrons. The molecule has 0 unspecified atom stereocenters. The van der Waals surface area contributed by atoms with E-state index >= 15 is 0 Å². The molecular formula is C18H28N3O2+. The molecule has 5 nitrogen and oxygen atoms in total. The van der Waals surface area contributed by atoms with Gasteiger partial charge in [0.1, 0.15) is 0 Å². The molecular weight excluding hydrogens is 290 g/mol. The zero-order valence-corrected chi connectivity index (χ0v) is 14.5. The van der Waals surface area contributed by atoms with Crippen LogP contribution >= 0.6 is 0 Å². The molecule has 1 aliphatic rings. The molecule has 3 amide bonds. The van der Waals surface area contributed by atoms with Gasteiger partial charge in [-0.25, -0.2) is 4.79 Å². The lowest BCUT2D eigenvalue weighted by atomic mass is 9.92. The monoisotopic (exact) mass is 318 g/mol. The molecule has 0 aromatic heterocycles. The second kappa shape index (κ2) is 7.59. The molecule has 2 rings (SSSR count). The fourth-order valence-corrected chi connectivity index (χ4v) is 3.57. The van der Waals surface area contributed by atoms with E-state index in [2.05, 4.69) is 24.5 Å². The third-order valence-corrected chi connectivity index (χ3v) is 4.37. The predicted molar refractivity (Wildman–Crippen MR) is 91.6 cm³/mol. The minimum Gasteiger partial charge on any atom is -0.327 e. The molecule has 5 heteroatoms. The fourth-order valence-electron chi connectivity index (χ4n) is 3.57. The first-order valence-corrected chi connectivity index (χ1v) is 8.35. The van der Waals surface area contributed by atoms with Crippen LogP contribution < -0.4 is 15.5 Å². The van der Waals surface area contributed by atoms with Gasteiger partial charge in [-0.1, -0.05) is 31.5 Å². The Bertz CT molecular complexity index is 576. The van der Waals surface area contributed by atoms with Gasteiger partial charge in [0.25, 0.3) is 5.91 Å².